The molecule has 2 unspecified atom stereocenters. The Balaban J connectivity index is 0.00000392. The highest BCUT2D eigenvalue weighted by atomic mass is 127. The first kappa shape index (κ1) is 24.9. The van der Waals surface area contributed by atoms with Crippen molar-refractivity contribution in [1.82, 2.24) is 15.5 Å². The first-order valence-electron chi connectivity index (χ1n) is 9.76. The van der Waals surface area contributed by atoms with Gasteiger partial charge in [0.1, 0.15) is 5.75 Å². The summed E-state index contributed by atoms with van der Waals surface area (Å²) in [6.07, 6.45) is 0. The molecule has 1 saturated heterocycles. The summed E-state index contributed by atoms with van der Waals surface area (Å²) in [7, 11) is 1.68. The SMILES string of the molecule is CCNC(=NCC(C)CO)NCC(c1ccc(OC)cc1)N1CCOCC1.I. The number of ether oxygens (including phenoxy) is 2. The summed E-state index contributed by atoms with van der Waals surface area (Å²) in [5.41, 5.74) is 1.24. The van der Waals surface area contributed by atoms with Crippen LogP contribution in [0.15, 0.2) is 29.3 Å². The number of rotatable bonds is 9. The number of aliphatic imine (C=N–C) groups is 1. The molecule has 8 heteroatoms. The predicted molar refractivity (Wildman–Crippen MR) is 124 cm³/mol. The quantitative estimate of drug-likeness (QED) is 0.270. The van der Waals surface area contributed by atoms with Gasteiger partial charge in [0.25, 0.3) is 0 Å². The second-order valence-electron chi connectivity index (χ2n) is 6.83. The van der Waals surface area contributed by atoms with Crippen molar-refractivity contribution in [2.24, 2.45) is 10.9 Å². The van der Waals surface area contributed by atoms with Crippen molar-refractivity contribution in [2.45, 2.75) is 19.9 Å². The molecule has 0 amide bonds. The lowest BCUT2D eigenvalue weighted by Crippen LogP contribution is -2.46. The van der Waals surface area contributed by atoms with Crippen molar-refractivity contribution < 1.29 is 14.6 Å². The summed E-state index contributed by atoms with van der Waals surface area (Å²) < 4.78 is 10.8. The van der Waals surface area contributed by atoms with Gasteiger partial charge in [-0.15, -0.1) is 24.0 Å². The van der Waals surface area contributed by atoms with Gasteiger partial charge in [0.05, 0.1) is 26.4 Å². The number of benzene rings is 1. The second kappa shape index (κ2) is 14.0. The Kier molecular flexibility index (Phi) is 12.4. The minimum absolute atomic E-state index is 0. The molecular weight excluding hydrogens is 471 g/mol. The average molecular weight is 506 g/mol. The molecule has 1 heterocycles. The summed E-state index contributed by atoms with van der Waals surface area (Å²) in [6.45, 7) is 9.65. The predicted octanol–water partition coefficient (Wildman–Crippen LogP) is 1.87. The normalized spacial score (nSPS) is 17.4. The second-order valence-corrected chi connectivity index (χ2v) is 6.83. The first-order valence-corrected chi connectivity index (χ1v) is 9.76. The Morgan fingerprint density at radius 3 is 2.50 bits per heavy atom. The number of guanidine groups is 1. The van der Waals surface area contributed by atoms with E-state index in [9.17, 15) is 5.11 Å². The van der Waals surface area contributed by atoms with E-state index in [1.54, 1.807) is 7.11 Å². The van der Waals surface area contributed by atoms with Gasteiger partial charge >= 0.3 is 0 Å². The van der Waals surface area contributed by atoms with E-state index in [0.29, 0.717) is 6.54 Å². The van der Waals surface area contributed by atoms with Crippen LogP contribution in [-0.2, 0) is 4.74 Å². The summed E-state index contributed by atoms with van der Waals surface area (Å²) in [4.78, 5) is 7.04. The first-order chi connectivity index (χ1) is 13.2. The molecule has 3 N–H and O–H groups in total. The molecule has 1 aromatic carbocycles. The van der Waals surface area contributed by atoms with Crippen LogP contribution < -0.4 is 15.4 Å². The zero-order valence-electron chi connectivity index (χ0n) is 17.2. The van der Waals surface area contributed by atoms with Crippen LogP contribution in [0.25, 0.3) is 0 Å². The number of aliphatic hydroxyl groups excluding tert-OH is 1. The topological polar surface area (TPSA) is 78.4 Å². The van der Waals surface area contributed by atoms with Gasteiger partial charge in [0.15, 0.2) is 5.96 Å². The van der Waals surface area contributed by atoms with E-state index < -0.39 is 0 Å². The molecule has 1 aliphatic rings. The monoisotopic (exact) mass is 506 g/mol. The van der Waals surface area contributed by atoms with Gasteiger partial charge < -0.3 is 25.2 Å². The highest BCUT2D eigenvalue weighted by Crippen LogP contribution is 2.23. The molecule has 0 bridgehead atoms. The summed E-state index contributed by atoms with van der Waals surface area (Å²) in [6, 6.07) is 8.48. The fourth-order valence-corrected chi connectivity index (χ4v) is 3.01. The number of hydrogen-bond donors (Lipinski definition) is 3. The van der Waals surface area contributed by atoms with Crippen LogP contribution >= 0.6 is 24.0 Å². The molecule has 28 heavy (non-hydrogen) atoms. The summed E-state index contributed by atoms with van der Waals surface area (Å²) in [5.74, 6) is 1.79. The zero-order chi connectivity index (χ0) is 19.5. The van der Waals surface area contributed by atoms with Crippen LogP contribution in [0.2, 0.25) is 0 Å². The molecule has 1 aromatic rings. The van der Waals surface area contributed by atoms with E-state index in [1.807, 2.05) is 19.1 Å². The summed E-state index contributed by atoms with van der Waals surface area (Å²) in [5, 5.41) is 16.0. The fourth-order valence-electron chi connectivity index (χ4n) is 3.01. The maximum atomic E-state index is 9.22. The van der Waals surface area contributed by atoms with E-state index in [1.165, 1.54) is 5.56 Å². The lowest BCUT2D eigenvalue weighted by molar-refractivity contribution is 0.0170. The Hall–Kier alpha value is -1.10. The highest BCUT2D eigenvalue weighted by Gasteiger charge is 2.23. The molecule has 0 aliphatic carbocycles. The number of methoxy groups -OCH3 is 1. The molecule has 0 radical (unpaired) electrons. The number of halogens is 1. The molecule has 1 aliphatic heterocycles. The van der Waals surface area contributed by atoms with Crippen LogP contribution in [0.4, 0.5) is 0 Å². The third kappa shape index (κ3) is 8.10. The lowest BCUT2D eigenvalue weighted by atomic mass is 10.0. The van der Waals surface area contributed by atoms with Crippen molar-refractivity contribution in [3.05, 3.63) is 29.8 Å². The number of nitrogens with zero attached hydrogens (tertiary/aromatic N) is 2. The standard InChI is InChI=1S/C20H34N4O3.HI/c1-4-21-20(22-13-16(2)15-25)23-14-19(24-9-11-27-12-10-24)17-5-7-18(26-3)8-6-17;/h5-8,16,19,25H,4,9-15H2,1-3H3,(H2,21,22,23);1H. The van der Waals surface area contributed by atoms with Crippen LogP contribution in [0.3, 0.4) is 0 Å². The van der Waals surface area contributed by atoms with Gasteiger partial charge in [-0.1, -0.05) is 19.1 Å². The Labute approximate surface area is 185 Å². The third-order valence-corrected chi connectivity index (χ3v) is 4.67. The van der Waals surface area contributed by atoms with Crippen molar-refractivity contribution >= 4 is 29.9 Å². The number of hydrogen-bond acceptors (Lipinski definition) is 5. The maximum absolute atomic E-state index is 9.22. The average Bonchev–Trinajstić information content (AvgIpc) is 2.73. The minimum atomic E-state index is 0. The van der Waals surface area contributed by atoms with E-state index in [-0.39, 0.29) is 42.5 Å². The van der Waals surface area contributed by atoms with Crippen molar-refractivity contribution in [2.75, 3.05) is 59.7 Å². The maximum Gasteiger partial charge on any atom is 0.191 e. The molecule has 0 aromatic heterocycles. The van der Waals surface area contributed by atoms with Crippen LogP contribution in [0.1, 0.15) is 25.5 Å². The zero-order valence-corrected chi connectivity index (χ0v) is 19.5. The van der Waals surface area contributed by atoms with Gasteiger partial charge in [-0.05, 0) is 30.5 Å². The molecule has 160 valence electrons. The van der Waals surface area contributed by atoms with Gasteiger partial charge in [0, 0.05) is 39.3 Å². The van der Waals surface area contributed by atoms with Gasteiger partial charge in [-0.25, -0.2) is 0 Å². The van der Waals surface area contributed by atoms with Crippen molar-refractivity contribution in [1.29, 1.82) is 0 Å². The third-order valence-electron chi connectivity index (χ3n) is 4.67. The van der Waals surface area contributed by atoms with Crippen molar-refractivity contribution in [3.63, 3.8) is 0 Å². The van der Waals surface area contributed by atoms with E-state index in [4.69, 9.17) is 9.47 Å². The molecule has 0 spiro atoms. The number of nitrogens with one attached hydrogen (secondary N) is 2. The van der Waals surface area contributed by atoms with Crippen LogP contribution in [0, 0.1) is 5.92 Å². The van der Waals surface area contributed by atoms with Crippen LogP contribution in [0.5, 0.6) is 5.75 Å². The minimum Gasteiger partial charge on any atom is -0.497 e. The smallest absolute Gasteiger partial charge is 0.191 e. The van der Waals surface area contributed by atoms with Gasteiger partial charge in [0.2, 0.25) is 0 Å². The molecule has 2 rings (SSSR count). The highest BCUT2D eigenvalue weighted by molar-refractivity contribution is 14.0. The molecule has 1 fully saturated rings. The molecule has 7 nitrogen and oxygen atoms in total. The largest absolute Gasteiger partial charge is 0.497 e. The molecule has 2 atom stereocenters. The molecular formula is C20H35IN4O3. The van der Waals surface area contributed by atoms with E-state index >= 15 is 0 Å². The van der Waals surface area contributed by atoms with Gasteiger partial charge in [-0.3, -0.25) is 9.89 Å². The number of aliphatic hydroxyl groups is 1. The fraction of sp³-hybridized carbons (Fsp3) is 0.650. The summed E-state index contributed by atoms with van der Waals surface area (Å²) >= 11 is 0. The van der Waals surface area contributed by atoms with E-state index in [2.05, 4.69) is 39.6 Å². The number of morpholine rings is 1. The van der Waals surface area contributed by atoms with Crippen LogP contribution in [-0.4, -0.2) is 75.6 Å². The lowest BCUT2D eigenvalue weighted by Gasteiger charge is -2.35. The Bertz CT molecular complexity index is 565. The van der Waals surface area contributed by atoms with E-state index in [0.717, 1.165) is 51.1 Å². The Morgan fingerprint density at radius 2 is 1.93 bits per heavy atom. The Morgan fingerprint density at radius 1 is 1.25 bits per heavy atom. The van der Waals surface area contributed by atoms with Gasteiger partial charge in [-0.2, -0.15) is 0 Å². The molecule has 0 saturated carbocycles. The van der Waals surface area contributed by atoms with Crippen molar-refractivity contribution in [3.8, 4) is 5.75 Å².